The molecule has 6 heteroatoms. The number of rotatable bonds is 8. The third kappa shape index (κ3) is 6.04. The molecule has 0 saturated carbocycles. The van der Waals surface area contributed by atoms with Gasteiger partial charge in [0.25, 0.3) is 5.91 Å². The lowest BCUT2D eigenvalue weighted by Crippen LogP contribution is -2.36. The maximum atomic E-state index is 13.1. The smallest absolute Gasteiger partial charge is 0.255 e. The summed E-state index contributed by atoms with van der Waals surface area (Å²) in [4.78, 5) is 15.3. The summed E-state index contributed by atoms with van der Waals surface area (Å²) in [6.45, 7) is 3.65. The second kappa shape index (κ2) is 10.6. The average Bonchev–Trinajstić information content (AvgIpc) is 3.18. The van der Waals surface area contributed by atoms with Crippen LogP contribution in [0.25, 0.3) is 0 Å². The number of piperidine rings is 1. The molecule has 32 heavy (non-hydrogen) atoms. The number of halogens is 1. The summed E-state index contributed by atoms with van der Waals surface area (Å²) >= 11 is 0. The van der Waals surface area contributed by atoms with Crippen LogP contribution in [-0.4, -0.2) is 40.2 Å². The first-order chi connectivity index (χ1) is 15.6. The highest BCUT2D eigenvalue weighted by atomic mass is 19.1. The fraction of sp³-hybridized carbons (Fsp3) is 0.385. The molecule has 1 aliphatic rings. The summed E-state index contributed by atoms with van der Waals surface area (Å²) in [6, 6.07) is 16.8. The number of likely N-dealkylation sites (tertiary alicyclic amines) is 1. The predicted molar refractivity (Wildman–Crippen MR) is 124 cm³/mol. The van der Waals surface area contributed by atoms with Crippen molar-refractivity contribution in [1.29, 1.82) is 0 Å². The van der Waals surface area contributed by atoms with Gasteiger partial charge in [0.1, 0.15) is 5.82 Å². The van der Waals surface area contributed by atoms with Crippen LogP contribution in [-0.2, 0) is 26.4 Å². The molecule has 0 spiro atoms. The van der Waals surface area contributed by atoms with E-state index in [-0.39, 0.29) is 11.7 Å². The van der Waals surface area contributed by atoms with Crippen molar-refractivity contribution in [3.63, 3.8) is 0 Å². The van der Waals surface area contributed by atoms with Gasteiger partial charge in [0.2, 0.25) is 0 Å². The van der Waals surface area contributed by atoms with E-state index in [1.807, 2.05) is 7.05 Å². The highest BCUT2D eigenvalue weighted by Crippen LogP contribution is 2.23. The summed E-state index contributed by atoms with van der Waals surface area (Å²) in [5.74, 6) is 0.139. The van der Waals surface area contributed by atoms with Crippen LogP contribution in [0, 0.1) is 11.7 Å². The van der Waals surface area contributed by atoms with Gasteiger partial charge in [-0.1, -0.05) is 42.5 Å². The predicted octanol–water partition coefficient (Wildman–Crippen LogP) is 3.99. The number of carbonyl (C=O) groups is 1. The van der Waals surface area contributed by atoms with E-state index in [4.69, 9.17) is 0 Å². The van der Waals surface area contributed by atoms with Crippen LogP contribution in [0.5, 0.6) is 0 Å². The third-order valence-corrected chi connectivity index (χ3v) is 6.26. The molecule has 0 unspecified atom stereocenters. The minimum Gasteiger partial charge on any atom is -0.348 e. The Morgan fingerprint density at radius 3 is 2.50 bits per heavy atom. The first-order valence-electron chi connectivity index (χ1n) is 11.4. The zero-order valence-electron chi connectivity index (χ0n) is 18.6. The van der Waals surface area contributed by atoms with Gasteiger partial charge in [-0.3, -0.25) is 9.48 Å². The molecule has 1 aliphatic heterocycles. The number of aryl methyl sites for hydroxylation is 1. The van der Waals surface area contributed by atoms with Crippen molar-refractivity contribution < 1.29 is 9.18 Å². The minimum absolute atomic E-state index is 0.127. The zero-order valence-corrected chi connectivity index (χ0v) is 18.6. The Bertz CT molecular complexity index is 1010. The Hall–Kier alpha value is -2.99. The van der Waals surface area contributed by atoms with Gasteiger partial charge in [-0.2, -0.15) is 5.10 Å². The molecule has 4 rings (SSSR count). The molecule has 1 amide bonds. The Morgan fingerprint density at radius 1 is 1.06 bits per heavy atom. The maximum Gasteiger partial charge on any atom is 0.255 e. The highest BCUT2D eigenvalue weighted by Gasteiger charge is 2.23. The van der Waals surface area contributed by atoms with Crippen molar-refractivity contribution in [2.45, 2.75) is 32.2 Å². The Balaban J connectivity index is 1.27. The number of benzene rings is 2. The molecule has 2 heterocycles. The molecule has 1 fully saturated rings. The lowest BCUT2D eigenvalue weighted by Gasteiger charge is -2.31. The Labute approximate surface area is 189 Å². The normalized spacial score (nSPS) is 15.1. The molecule has 0 atom stereocenters. The van der Waals surface area contributed by atoms with Crippen molar-refractivity contribution in [1.82, 2.24) is 20.0 Å². The van der Waals surface area contributed by atoms with E-state index >= 15 is 0 Å². The fourth-order valence-corrected chi connectivity index (χ4v) is 4.37. The van der Waals surface area contributed by atoms with Crippen molar-refractivity contribution in [2.24, 2.45) is 13.0 Å². The average molecular weight is 435 g/mol. The van der Waals surface area contributed by atoms with Crippen LogP contribution >= 0.6 is 0 Å². The van der Waals surface area contributed by atoms with E-state index in [0.29, 0.717) is 18.0 Å². The maximum absolute atomic E-state index is 13.1. The van der Waals surface area contributed by atoms with Crippen molar-refractivity contribution in [3.05, 3.63) is 89.0 Å². The molecular weight excluding hydrogens is 403 g/mol. The molecule has 0 bridgehead atoms. The van der Waals surface area contributed by atoms with Crippen molar-refractivity contribution in [2.75, 3.05) is 19.6 Å². The van der Waals surface area contributed by atoms with E-state index in [1.165, 1.54) is 17.7 Å². The monoisotopic (exact) mass is 434 g/mol. The summed E-state index contributed by atoms with van der Waals surface area (Å²) in [5.41, 5.74) is 3.76. The second-order valence-electron chi connectivity index (χ2n) is 8.70. The largest absolute Gasteiger partial charge is 0.348 e. The highest BCUT2D eigenvalue weighted by molar-refractivity contribution is 5.95. The molecule has 0 radical (unpaired) electrons. The molecular formula is C26H31FN4O. The number of aromatic nitrogens is 2. The number of carbonyl (C=O) groups excluding carboxylic acids is 1. The van der Waals surface area contributed by atoms with Gasteiger partial charge in [-0.05, 0) is 68.0 Å². The van der Waals surface area contributed by atoms with Crippen LogP contribution in [0.1, 0.15) is 40.0 Å². The Morgan fingerprint density at radius 2 is 1.78 bits per heavy atom. The molecule has 3 aromatic rings. The lowest BCUT2D eigenvalue weighted by atomic mass is 9.91. The zero-order chi connectivity index (χ0) is 22.3. The third-order valence-electron chi connectivity index (χ3n) is 6.26. The first-order valence-corrected chi connectivity index (χ1v) is 11.4. The summed E-state index contributed by atoms with van der Waals surface area (Å²) in [6.07, 6.45) is 5.96. The van der Waals surface area contributed by atoms with E-state index in [9.17, 15) is 9.18 Å². The number of hydrogen-bond acceptors (Lipinski definition) is 3. The van der Waals surface area contributed by atoms with E-state index < -0.39 is 0 Å². The van der Waals surface area contributed by atoms with Crippen LogP contribution in [0.2, 0.25) is 0 Å². The fourth-order valence-electron chi connectivity index (χ4n) is 4.37. The summed E-state index contributed by atoms with van der Waals surface area (Å²) < 4.78 is 14.8. The van der Waals surface area contributed by atoms with Crippen LogP contribution < -0.4 is 5.32 Å². The van der Waals surface area contributed by atoms with Gasteiger partial charge in [0.05, 0.1) is 11.3 Å². The summed E-state index contributed by atoms with van der Waals surface area (Å²) in [5, 5.41) is 7.52. The molecule has 0 aliphatic carbocycles. The van der Waals surface area contributed by atoms with Gasteiger partial charge in [-0.15, -0.1) is 0 Å². The quantitative estimate of drug-likeness (QED) is 0.583. The van der Waals surface area contributed by atoms with Crippen molar-refractivity contribution in [3.8, 4) is 0 Å². The molecule has 1 saturated heterocycles. The number of nitrogens with one attached hydrogen (secondary N) is 1. The van der Waals surface area contributed by atoms with E-state index in [0.717, 1.165) is 56.6 Å². The minimum atomic E-state index is -0.277. The summed E-state index contributed by atoms with van der Waals surface area (Å²) in [7, 11) is 1.85. The van der Waals surface area contributed by atoms with Gasteiger partial charge in [0.15, 0.2) is 0 Å². The van der Waals surface area contributed by atoms with E-state index in [1.54, 1.807) is 23.0 Å². The standard InChI is InChI=1S/C26H31FN4O/c1-30-19-24(26(32)28-18-22-7-9-23(27)10-8-22)25(29-30)17-21-12-15-31(16-13-21)14-11-20-5-3-2-4-6-20/h2-10,19,21H,11-18H2,1H3,(H,28,32). The van der Waals surface area contributed by atoms with E-state index in [2.05, 4.69) is 45.6 Å². The molecule has 168 valence electrons. The number of hydrogen-bond donors (Lipinski definition) is 1. The van der Waals surface area contributed by atoms with Gasteiger partial charge in [-0.25, -0.2) is 4.39 Å². The number of nitrogens with zero attached hydrogens (tertiary/aromatic N) is 3. The lowest BCUT2D eigenvalue weighted by molar-refractivity contribution is 0.0949. The SMILES string of the molecule is Cn1cc(C(=O)NCc2ccc(F)cc2)c(CC2CCN(CCc3ccccc3)CC2)n1. The number of amides is 1. The molecule has 1 N–H and O–H groups in total. The van der Waals surface area contributed by atoms with Gasteiger partial charge < -0.3 is 10.2 Å². The van der Waals surface area contributed by atoms with Crippen LogP contribution in [0.3, 0.4) is 0 Å². The topological polar surface area (TPSA) is 50.2 Å². The molecule has 1 aromatic heterocycles. The molecule has 5 nitrogen and oxygen atoms in total. The second-order valence-corrected chi connectivity index (χ2v) is 8.70. The van der Waals surface area contributed by atoms with Gasteiger partial charge in [0, 0.05) is 26.3 Å². The van der Waals surface area contributed by atoms with Crippen molar-refractivity contribution >= 4 is 5.91 Å². The Kier molecular flexibility index (Phi) is 7.32. The van der Waals surface area contributed by atoms with Crippen LogP contribution in [0.15, 0.2) is 60.8 Å². The van der Waals surface area contributed by atoms with Gasteiger partial charge >= 0.3 is 0 Å². The van der Waals surface area contributed by atoms with Crippen LogP contribution in [0.4, 0.5) is 4.39 Å². The first kappa shape index (κ1) is 22.2. The molecule has 2 aromatic carbocycles.